The van der Waals surface area contributed by atoms with Gasteiger partial charge in [-0.05, 0) is 24.3 Å². The molecule has 5 heteroatoms. The molecule has 1 aliphatic heterocycles. The zero-order valence-corrected chi connectivity index (χ0v) is 14.0. The molecule has 0 fully saturated rings. The van der Waals surface area contributed by atoms with Gasteiger partial charge in [0, 0.05) is 53.3 Å². The molecule has 1 aliphatic rings. The average molecular weight is 340 g/mol. The van der Waals surface area contributed by atoms with Crippen molar-refractivity contribution in [1.29, 1.82) is 0 Å². The third-order valence-corrected chi connectivity index (χ3v) is 4.78. The summed E-state index contributed by atoms with van der Waals surface area (Å²) in [4.78, 5) is 24.5. The molecule has 5 nitrogen and oxygen atoms in total. The van der Waals surface area contributed by atoms with Crippen molar-refractivity contribution in [3.8, 4) is 22.5 Å². The molecule has 2 N–H and O–H groups in total. The highest BCUT2D eigenvalue weighted by molar-refractivity contribution is 5.98. The largest absolute Gasteiger partial charge is 0.358 e. The summed E-state index contributed by atoms with van der Waals surface area (Å²) in [5.74, 6) is -0.0127. The standard InChI is InChI=1S/C21H16N4O/c26-21-16-12-18(25-17(16)7-10-24-21)14-6-9-22-19(11-14)15-5-1-3-13-4-2-8-23-20(13)15/h1-6,8-9,11-12,25H,7,10H2,(H,24,26). The minimum atomic E-state index is -0.0127. The van der Waals surface area contributed by atoms with Crippen LogP contribution in [0.3, 0.4) is 0 Å². The van der Waals surface area contributed by atoms with E-state index in [1.807, 2.05) is 48.5 Å². The Morgan fingerprint density at radius 1 is 0.923 bits per heavy atom. The number of nitrogens with zero attached hydrogens (tertiary/aromatic N) is 2. The zero-order valence-electron chi connectivity index (χ0n) is 14.0. The van der Waals surface area contributed by atoms with Crippen LogP contribution in [0.4, 0.5) is 0 Å². The summed E-state index contributed by atoms with van der Waals surface area (Å²) in [6.45, 7) is 0.676. The average Bonchev–Trinajstić information content (AvgIpc) is 3.14. The number of pyridine rings is 2. The predicted molar refractivity (Wildman–Crippen MR) is 101 cm³/mol. The Kier molecular flexibility index (Phi) is 3.31. The number of rotatable bonds is 2. The topological polar surface area (TPSA) is 70.7 Å². The number of aromatic amines is 1. The highest BCUT2D eigenvalue weighted by Gasteiger charge is 2.20. The van der Waals surface area contributed by atoms with E-state index in [-0.39, 0.29) is 5.91 Å². The number of nitrogens with one attached hydrogen (secondary N) is 2. The Labute approximate surface area is 150 Å². The Morgan fingerprint density at radius 3 is 2.77 bits per heavy atom. The number of benzene rings is 1. The van der Waals surface area contributed by atoms with Crippen LogP contribution in [0.1, 0.15) is 16.1 Å². The van der Waals surface area contributed by atoms with E-state index in [4.69, 9.17) is 0 Å². The highest BCUT2D eigenvalue weighted by Crippen LogP contribution is 2.30. The van der Waals surface area contributed by atoms with Crippen LogP contribution >= 0.6 is 0 Å². The molecule has 0 bridgehead atoms. The molecule has 0 saturated heterocycles. The van der Waals surface area contributed by atoms with Gasteiger partial charge in [-0.25, -0.2) is 0 Å². The van der Waals surface area contributed by atoms with Crippen molar-refractivity contribution in [3.05, 3.63) is 72.2 Å². The van der Waals surface area contributed by atoms with E-state index in [9.17, 15) is 4.79 Å². The monoisotopic (exact) mass is 340 g/mol. The summed E-state index contributed by atoms with van der Waals surface area (Å²) in [5.41, 5.74) is 6.46. The molecule has 4 heterocycles. The van der Waals surface area contributed by atoms with Gasteiger partial charge in [-0.3, -0.25) is 14.8 Å². The lowest BCUT2D eigenvalue weighted by atomic mass is 10.0. The minimum Gasteiger partial charge on any atom is -0.358 e. The fourth-order valence-corrected chi connectivity index (χ4v) is 3.51. The normalized spacial score (nSPS) is 13.5. The molecule has 1 aromatic carbocycles. The van der Waals surface area contributed by atoms with E-state index in [1.165, 1.54) is 0 Å². The van der Waals surface area contributed by atoms with Crippen molar-refractivity contribution in [1.82, 2.24) is 20.3 Å². The number of H-pyrrole nitrogens is 1. The van der Waals surface area contributed by atoms with Gasteiger partial charge in [0.15, 0.2) is 0 Å². The van der Waals surface area contributed by atoms with E-state index < -0.39 is 0 Å². The van der Waals surface area contributed by atoms with E-state index in [2.05, 4.69) is 20.3 Å². The van der Waals surface area contributed by atoms with Gasteiger partial charge in [0.25, 0.3) is 5.91 Å². The maximum absolute atomic E-state index is 12.0. The molecular weight excluding hydrogens is 324 g/mol. The zero-order chi connectivity index (χ0) is 17.5. The Balaban J connectivity index is 1.63. The second kappa shape index (κ2) is 5.81. The van der Waals surface area contributed by atoms with Crippen LogP contribution in [-0.2, 0) is 6.42 Å². The van der Waals surface area contributed by atoms with Crippen LogP contribution in [0.5, 0.6) is 0 Å². The summed E-state index contributed by atoms with van der Waals surface area (Å²) in [5, 5.41) is 3.97. The molecule has 0 atom stereocenters. The SMILES string of the molecule is O=C1NCCc2[nH]c(-c3ccnc(-c4cccc5cccnc45)c3)cc21. The number of carbonyl (C=O) groups excluding carboxylic acids is 1. The van der Waals surface area contributed by atoms with Crippen molar-refractivity contribution < 1.29 is 4.79 Å². The number of hydrogen-bond acceptors (Lipinski definition) is 3. The van der Waals surface area contributed by atoms with Gasteiger partial charge in [0.05, 0.1) is 16.8 Å². The summed E-state index contributed by atoms with van der Waals surface area (Å²) in [6, 6.07) is 16.0. The van der Waals surface area contributed by atoms with Crippen molar-refractivity contribution in [2.75, 3.05) is 6.54 Å². The van der Waals surface area contributed by atoms with Gasteiger partial charge in [-0.2, -0.15) is 0 Å². The van der Waals surface area contributed by atoms with Crippen molar-refractivity contribution in [3.63, 3.8) is 0 Å². The van der Waals surface area contributed by atoms with Gasteiger partial charge in [0.1, 0.15) is 0 Å². The number of carbonyl (C=O) groups is 1. The van der Waals surface area contributed by atoms with E-state index in [0.29, 0.717) is 6.54 Å². The summed E-state index contributed by atoms with van der Waals surface area (Å²) >= 11 is 0. The number of para-hydroxylation sites is 1. The third kappa shape index (κ3) is 2.37. The van der Waals surface area contributed by atoms with Crippen LogP contribution in [0.25, 0.3) is 33.4 Å². The molecule has 4 aromatic rings. The third-order valence-electron chi connectivity index (χ3n) is 4.78. The van der Waals surface area contributed by atoms with Gasteiger partial charge >= 0.3 is 0 Å². The fraction of sp³-hybridized carbons (Fsp3) is 0.0952. The molecule has 0 unspecified atom stereocenters. The predicted octanol–water partition coefficient (Wildman–Crippen LogP) is 3.58. The lowest BCUT2D eigenvalue weighted by Crippen LogP contribution is -2.31. The van der Waals surface area contributed by atoms with Crippen molar-refractivity contribution in [2.24, 2.45) is 0 Å². The van der Waals surface area contributed by atoms with E-state index in [1.54, 1.807) is 12.4 Å². The number of hydrogen-bond donors (Lipinski definition) is 2. The maximum Gasteiger partial charge on any atom is 0.253 e. The second-order valence-electron chi connectivity index (χ2n) is 6.39. The highest BCUT2D eigenvalue weighted by atomic mass is 16.1. The number of aromatic nitrogens is 3. The lowest BCUT2D eigenvalue weighted by Gasteiger charge is -2.11. The van der Waals surface area contributed by atoms with Gasteiger partial charge in [-0.1, -0.05) is 24.3 Å². The second-order valence-corrected chi connectivity index (χ2v) is 6.39. The first kappa shape index (κ1) is 14.8. The molecule has 1 amide bonds. The first-order valence-electron chi connectivity index (χ1n) is 8.60. The molecule has 26 heavy (non-hydrogen) atoms. The first-order chi connectivity index (χ1) is 12.8. The van der Waals surface area contributed by atoms with Crippen LogP contribution in [-0.4, -0.2) is 27.4 Å². The molecule has 0 radical (unpaired) electrons. The van der Waals surface area contributed by atoms with Gasteiger partial charge in [0.2, 0.25) is 0 Å². The van der Waals surface area contributed by atoms with Crippen molar-refractivity contribution in [2.45, 2.75) is 6.42 Å². The van der Waals surface area contributed by atoms with Crippen molar-refractivity contribution >= 4 is 16.8 Å². The Hall–Kier alpha value is -3.47. The molecule has 0 spiro atoms. The quantitative estimate of drug-likeness (QED) is 0.586. The molecule has 5 rings (SSSR count). The van der Waals surface area contributed by atoms with Gasteiger partial charge < -0.3 is 10.3 Å². The number of amides is 1. The molecule has 3 aromatic heterocycles. The van der Waals surface area contributed by atoms with Crippen LogP contribution in [0.2, 0.25) is 0 Å². The van der Waals surface area contributed by atoms with Crippen LogP contribution in [0.15, 0.2) is 60.9 Å². The maximum atomic E-state index is 12.0. The fourth-order valence-electron chi connectivity index (χ4n) is 3.51. The molecular formula is C21H16N4O. The summed E-state index contributed by atoms with van der Waals surface area (Å²) < 4.78 is 0. The summed E-state index contributed by atoms with van der Waals surface area (Å²) in [7, 11) is 0. The molecule has 0 aliphatic carbocycles. The minimum absolute atomic E-state index is 0.0127. The number of fused-ring (bicyclic) bond motifs is 2. The first-order valence-corrected chi connectivity index (χ1v) is 8.60. The van der Waals surface area contributed by atoms with E-state index >= 15 is 0 Å². The lowest BCUT2D eigenvalue weighted by molar-refractivity contribution is 0.0946. The molecule has 126 valence electrons. The van der Waals surface area contributed by atoms with Gasteiger partial charge in [-0.15, -0.1) is 0 Å². The smallest absolute Gasteiger partial charge is 0.253 e. The van der Waals surface area contributed by atoms with Crippen LogP contribution in [0, 0.1) is 0 Å². The van der Waals surface area contributed by atoms with E-state index in [0.717, 1.165) is 51.1 Å². The Morgan fingerprint density at radius 2 is 1.85 bits per heavy atom. The Bertz CT molecular complexity index is 1140. The summed E-state index contributed by atoms with van der Waals surface area (Å²) in [6.07, 6.45) is 4.42. The van der Waals surface area contributed by atoms with Crippen LogP contribution < -0.4 is 5.32 Å². The molecule has 0 saturated carbocycles.